The molecule has 0 heterocycles. The minimum Gasteiger partial charge on any atom is -0.462 e. The summed E-state index contributed by atoms with van der Waals surface area (Å²) in [5, 5.41) is 23.9. The first-order valence-electron chi connectivity index (χ1n) is 28.0. The molecule has 0 aliphatic carbocycles. The van der Waals surface area contributed by atoms with Crippen molar-refractivity contribution >= 4 is 11.9 Å². The van der Waals surface area contributed by atoms with Gasteiger partial charge in [0.05, 0.1) is 25.2 Å². The fraction of sp³-hybridized carbons (Fsp3) is 0.705. The zero-order chi connectivity index (χ0) is 48.8. The summed E-state index contributed by atoms with van der Waals surface area (Å²) in [7, 11) is 0. The number of esters is 1. The predicted molar refractivity (Wildman–Crippen MR) is 291 cm³/mol. The topological polar surface area (TPSA) is 95.9 Å². The highest BCUT2D eigenvalue weighted by molar-refractivity contribution is 5.77. The van der Waals surface area contributed by atoms with Crippen molar-refractivity contribution in [2.24, 2.45) is 0 Å². The average Bonchev–Trinajstić information content (AvgIpc) is 3.32. The molecule has 0 aromatic heterocycles. The summed E-state index contributed by atoms with van der Waals surface area (Å²) in [4.78, 5) is 26.2. The number of hydrogen-bond donors (Lipinski definition) is 3. The molecule has 0 radical (unpaired) electrons. The maximum atomic E-state index is 13.3. The molecule has 0 aromatic carbocycles. The van der Waals surface area contributed by atoms with Crippen LogP contribution in [-0.2, 0) is 14.3 Å². The van der Waals surface area contributed by atoms with E-state index in [0.29, 0.717) is 19.3 Å². The van der Waals surface area contributed by atoms with E-state index in [1.807, 2.05) is 0 Å². The molecule has 3 atom stereocenters. The summed E-state index contributed by atoms with van der Waals surface area (Å²) in [6.07, 6.45) is 71.9. The summed E-state index contributed by atoms with van der Waals surface area (Å²) in [5.74, 6) is -0.547. The monoisotopic (exact) mass is 932 g/mol. The van der Waals surface area contributed by atoms with Gasteiger partial charge in [0.15, 0.2) is 0 Å². The van der Waals surface area contributed by atoms with Gasteiger partial charge in [0.2, 0.25) is 5.91 Å². The van der Waals surface area contributed by atoms with Crippen LogP contribution in [-0.4, -0.2) is 46.9 Å². The largest absolute Gasteiger partial charge is 0.462 e. The molecule has 0 aromatic rings. The first-order chi connectivity index (χ1) is 33.0. The third-order valence-corrected chi connectivity index (χ3v) is 12.2. The Bertz CT molecular complexity index is 1320. The van der Waals surface area contributed by atoms with Gasteiger partial charge in [-0.15, -0.1) is 0 Å². The molecule has 0 saturated heterocycles. The second-order valence-corrected chi connectivity index (χ2v) is 18.6. The Morgan fingerprint density at radius 2 is 0.896 bits per heavy atom. The predicted octanol–water partition coefficient (Wildman–Crippen LogP) is 17.3. The molecule has 0 fully saturated rings. The number of aliphatic hydroxyl groups excluding tert-OH is 2. The van der Waals surface area contributed by atoms with Crippen LogP contribution in [0.1, 0.15) is 252 Å². The number of unbranched alkanes of at least 4 members (excludes halogenated alkanes) is 23. The zero-order valence-electron chi connectivity index (χ0n) is 43.8. The molecule has 0 saturated carbocycles. The maximum Gasteiger partial charge on any atom is 0.306 e. The number of aliphatic hydroxyl groups is 2. The number of nitrogens with one attached hydrogen (secondary N) is 1. The highest BCUT2D eigenvalue weighted by Crippen LogP contribution is 2.17. The molecular weight excluding hydrogens is 827 g/mol. The van der Waals surface area contributed by atoms with Gasteiger partial charge in [-0.1, -0.05) is 253 Å². The van der Waals surface area contributed by atoms with Crippen LogP contribution in [0, 0.1) is 0 Å². The fourth-order valence-electron chi connectivity index (χ4n) is 8.05. The van der Waals surface area contributed by atoms with Crippen molar-refractivity contribution in [2.75, 3.05) is 6.61 Å². The van der Waals surface area contributed by atoms with E-state index in [9.17, 15) is 19.8 Å². The van der Waals surface area contributed by atoms with E-state index in [0.717, 1.165) is 96.3 Å². The van der Waals surface area contributed by atoms with Crippen LogP contribution in [0.15, 0.2) is 97.2 Å². The first kappa shape index (κ1) is 63.8. The molecule has 6 nitrogen and oxygen atoms in total. The van der Waals surface area contributed by atoms with Gasteiger partial charge >= 0.3 is 5.97 Å². The van der Waals surface area contributed by atoms with Gasteiger partial charge < -0.3 is 20.3 Å². The molecule has 67 heavy (non-hydrogen) atoms. The average molecular weight is 933 g/mol. The van der Waals surface area contributed by atoms with E-state index < -0.39 is 18.2 Å². The van der Waals surface area contributed by atoms with E-state index in [1.54, 1.807) is 0 Å². The van der Waals surface area contributed by atoms with Crippen LogP contribution >= 0.6 is 0 Å². The van der Waals surface area contributed by atoms with Crippen molar-refractivity contribution in [3.05, 3.63) is 97.2 Å². The summed E-state index contributed by atoms with van der Waals surface area (Å²) in [6, 6.07) is -0.729. The molecular formula is C61H105NO5. The molecule has 384 valence electrons. The van der Waals surface area contributed by atoms with Crippen molar-refractivity contribution in [1.82, 2.24) is 5.32 Å². The Morgan fingerprint density at radius 1 is 0.463 bits per heavy atom. The number of amides is 1. The van der Waals surface area contributed by atoms with Crippen molar-refractivity contribution in [3.8, 4) is 0 Å². The Kier molecular flexibility index (Phi) is 51.1. The van der Waals surface area contributed by atoms with E-state index in [2.05, 4.69) is 123 Å². The fourth-order valence-corrected chi connectivity index (χ4v) is 8.05. The van der Waals surface area contributed by atoms with Crippen LogP contribution < -0.4 is 5.32 Å². The Labute approximate surface area is 414 Å². The normalized spacial score (nSPS) is 13.9. The second kappa shape index (κ2) is 53.7. The molecule has 0 rings (SSSR count). The number of carbonyl (C=O) groups is 2. The maximum absolute atomic E-state index is 13.3. The SMILES string of the molecule is CC/C=C\C/C=C\C/C=C\C/C=C\C/C=C\CCCC(CC(=O)NC(CO)C(O)CCCCCCCCCCCCCCCCCC)OC(=O)CCCCCCCCC/C=C/C=C/C=C/CC. The molecule has 3 N–H and O–H groups in total. The first-order valence-corrected chi connectivity index (χ1v) is 28.0. The highest BCUT2D eigenvalue weighted by Gasteiger charge is 2.24. The molecule has 1 amide bonds. The Morgan fingerprint density at radius 3 is 1.40 bits per heavy atom. The van der Waals surface area contributed by atoms with E-state index in [4.69, 9.17) is 4.74 Å². The van der Waals surface area contributed by atoms with Gasteiger partial charge in [-0.05, 0) is 83.5 Å². The minimum atomic E-state index is -0.811. The molecule has 0 spiro atoms. The van der Waals surface area contributed by atoms with Crippen LogP contribution in [0.5, 0.6) is 0 Å². The number of rotatable bonds is 49. The van der Waals surface area contributed by atoms with Gasteiger partial charge in [0.1, 0.15) is 6.10 Å². The highest BCUT2D eigenvalue weighted by atomic mass is 16.5. The number of hydrogen-bond acceptors (Lipinski definition) is 5. The van der Waals surface area contributed by atoms with Crippen molar-refractivity contribution < 1.29 is 24.5 Å². The lowest BCUT2D eigenvalue weighted by Gasteiger charge is -2.24. The standard InChI is InChI=1S/C61H105NO5/c1-4-7-10-13-16-19-22-25-28-30-32-34-37-40-43-46-49-52-57(67-61(66)54-51-48-45-42-39-36-31-27-24-21-18-15-12-9-6-3)55-60(65)62-58(56-63)59(64)53-50-47-44-41-38-35-33-29-26-23-20-17-14-11-8-5-2/h7,9-10,12,15-16,18-19,21,24-25,28,32,34,40,43,57-59,63-64H,4-6,8,11,13-14,17,20,22-23,26-27,29-31,33,35-39,41-42,44-56H2,1-3H3,(H,62,65)/b10-7-,12-9+,18-15+,19-16-,24-21+,28-25-,34-32-,43-40-. The van der Waals surface area contributed by atoms with E-state index in [-0.39, 0.29) is 24.9 Å². The van der Waals surface area contributed by atoms with Gasteiger partial charge in [-0.2, -0.15) is 0 Å². The quantitative estimate of drug-likeness (QED) is 0.0244. The van der Waals surface area contributed by atoms with Crippen LogP contribution in [0.2, 0.25) is 0 Å². The smallest absolute Gasteiger partial charge is 0.306 e. The van der Waals surface area contributed by atoms with Crippen LogP contribution in [0.4, 0.5) is 0 Å². The van der Waals surface area contributed by atoms with Crippen LogP contribution in [0.3, 0.4) is 0 Å². The van der Waals surface area contributed by atoms with Gasteiger partial charge in [-0.3, -0.25) is 9.59 Å². The summed E-state index contributed by atoms with van der Waals surface area (Å²) >= 11 is 0. The minimum absolute atomic E-state index is 0.0288. The van der Waals surface area contributed by atoms with Crippen molar-refractivity contribution in [1.29, 1.82) is 0 Å². The van der Waals surface area contributed by atoms with Gasteiger partial charge in [0.25, 0.3) is 0 Å². The van der Waals surface area contributed by atoms with Crippen molar-refractivity contribution in [2.45, 2.75) is 270 Å². The van der Waals surface area contributed by atoms with E-state index in [1.165, 1.54) is 109 Å². The summed E-state index contributed by atoms with van der Waals surface area (Å²) in [5.41, 5.74) is 0. The molecule has 0 aliphatic rings. The van der Waals surface area contributed by atoms with E-state index >= 15 is 0 Å². The van der Waals surface area contributed by atoms with Crippen molar-refractivity contribution in [3.63, 3.8) is 0 Å². The molecule has 0 bridgehead atoms. The number of carbonyl (C=O) groups excluding carboxylic acids is 2. The molecule has 6 heteroatoms. The number of allylic oxidation sites excluding steroid dienone is 16. The molecule has 0 aliphatic heterocycles. The lowest BCUT2D eigenvalue weighted by Crippen LogP contribution is -2.46. The third kappa shape index (κ3) is 49.0. The summed E-state index contributed by atoms with van der Waals surface area (Å²) < 4.78 is 5.92. The Balaban J connectivity index is 4.69. The lowest BCUT2D eigenvalue weighted by molar-refractivity contribution is -0.151. The molecule has 3 unspecified atom stereocenters. The lowest BCUT2D eigenvalue weighted by atomic mass is 10.0. The van der Waals surface area contributed by atoms with Crippen LogP contribution in [0.25, 0.3) is 0 Å². The van der Waals surface area contributed by atoms with Gasteiger partial charge in [-0.25, -0.2) is 0 Å². The zero-order valence-corrected chi connectivity index (χ0v) is 43.8. The number of ether oxygens (including phenoxy) is 1. The third-order valence-electron chi connectivity index (χ3n) is 12.2. The van der Waals surface area contributed by atoms with Gasteiger partial charge in [0, 0.05) is 6.42 Å². The summed E-state index contributed by atoms with van der Waals surface area (Å²) in [6.45, 7) is 6.23. The second-order valence-electron chi connectivity index (χ2n) is 18.6. The Hall–Kier alpha value is -3.22.